The number of rotatable bonds is 17. The number of fused-ring (bicyclic) bond motifs is 2. The van der Waals surface area contributed by atoms with Crippen LogP contribution in [0.25, 0.3) is 22.2 Å². The molecule has 2 aromatic carbocycles. The molecule has 4 aromatic heterocycles. The Kier molecular flexibility index (Phi) is 12.3. The fourth-order valence-electron chi connectivity index (χ4n) is 7.97. The molecule has 8 rings (SSSR count). The van der Waals surface area contributed by atoms with Crippen molar-refractivity contribution in [2.45, 2.75) is 64.2 Å². The number of hydrogen-bond acceptors (Lipinski definition) is 14. The van der Waals surface area contributed by atoms with E-state index in [4.69, 9.17) is 37.7 Å². The number of alkyl halides is 1. The van der Waals surface area contributed by atoms with Gasteiger partial charge in [-0.3, -0.25) is 19.8 Å². The molecule has 2 aliphatic rings. The van der Waals surface area contributed by atoms with Gasteiger partial charge in [-0.2, -0.15) is 9.97 Å². The second-order valence-corrected chi connectivity index (χ2v) is 14.7. The highest BCUT2D eigenvalue weighted by Crippen LogP contribution is 2.37. The normalized spacial score (nSPS) is 15.9. The van der Waals surface area contributed by atoms with Gasteiger partial charge < -0.3 is 27.8 Å². The molecule has 6 heterocycles. The van der Waals surface area contributed by atoms with Crippen LogP contribution in [-0.4, -0.2) is 102 Å². The van der Waals surface area contributed by atoms with Gasteiger partial charge in [0.2, 0.25) is 0 Å². The maximum Gasteiger partial charge on any atom is 0.318 e. The molecule has 0 atom stereocenters. The Morgan fingerprint density at radius 1 is 0.655 bits per heavy atom. The fraction of sp³-hybridized carbons (Fsp3) is 0.442. The third-order valence-electron chi connectivity index (χ3n) is 10.9. The molecule has 0 bridgehead atoms. The lowest BCUT2D eigenvalue weighted by Crippen LogP contribution is -2.59. The number of pyridine rings is 2. The lowest BCUT2D eigenvalue weighted by Gasteiger charge is -2.47. The van der Waals surface area contributed by atoms with E-state index in [1.54, 1.807) is 39.0 Å². The van der Waals surface area contributed by atoms with Crippen molar-refractivity contribution in [2.75, 3.05) is 70.3 Å². The van der Waals surface area contributed by atoms with Crippen molar-refractivity contribution in [1.82, 2.24) is 29.7 Å². The van der Waals surface area contributed by atoms with Crippen molar-refractivity contribution in [2.24, 2.45) is 0 Å². The molecule has 306 valence electrons. The predicted molar refractivity (Wildman–Crippen MR) is 218 cm³/mol. The van der Waals surface area contributed by atoms with Crippen LogP contribution in [-0.2, 0) is 13.1 Å². The van der Waals surface area contributed by atoms with E-state index in [0.29, 0.717) is 41.3 Å². The van der Waals surface area contributed by atoms with Crippen LogP contribution < -0.4 is 29.0 Å². The van der Waals surface area contributed by atoms with Crippen molar-refractivity contribution in [1.29, 1.82) is 0 Å². The minimum absolute atomic E-state index is 0.0167. The van der Waals surface area contributed by atoms with Crippen LogP contribution in [0, 0.1) is 0 Å². The molecule has 2 saturated heterocycles. The monoisotopic (exact) mass is 794 g/mol. The molecule has 15 heteroatoms. The van der Waals surface area contributed by atoms with E-state index in [9.17, 15) is 4.39 Å². The van der Waals surface area contributed by atoms with Crippen LogP contribution in [0.1, 0.15) is 50.2 Å². The summed E-state index contributed by atoms with van der Waals surface area (Å²) in [6, 6.07) is 16.8. The summed E-state index contributed by atoms with van der Waals surface area (Å²) in [5, 5.41) is 4.41. The number of oxazole rings is 2. The highest BCUT2D eigenvalue weighted by atomic mass is 19.1. The molecule has 58 heavy (non-hydrogen) atoms. The molecular weight excluding hydrogens is 744 g/mol. The van der Waals surface area contributed by atoms with E-state index in [1.807, 2.05) is 36.4 Å². The molecular formula is C43H51FN8O6. The molecule has 0 unspecified atom stereocenters. The number of aromatic nitrogens is 4. The summed E-state index contributed by atoms with van der Waals surface area (Å²) in [5.74, 6) is 2.66. The Labute approximate surface area is 337 Å². The van der Waals surface area contributed by atoms with Gasteiger partial charge >= 0.3 is 12.0 Å². The van der Waals surface area contributed by atoms with Gasteiger partial charge in [0, 0.05) is 51.7 Å². The van der Waals surface area contributed by atoms with Gasteiger partial charge in [-0.1, -0.05) is 19.1 Å². The minimum atomic E-state index is -0.565. The summed E-state index contributed by atoms with van der Waals surface area (Å²) in [5.41, 5.74) is 4.95. The molecule has 0 aliphatic carbocycles. The zero-order chi connectivity index (χ0) is 39.8. The number of hydrogen-bond donors (Lipinski definition) is 0. The number of hydrazine groups is 1. The van der Waals surface area contributed by atoms with Gasteiger partial charge in [0.15, 0.2) is 34.2 Å². The molecule has 0 radical (unpaired) electrons. The topological polar surface area (TPSA) is 128 Å². The first-order valence-corrected chi connectivity index (χ1v) is 20.1. The first-order valence-electron chi connectivity index (χ1n) is 20.1. The van der Waals surface area contributed by atoms with Gasteiger partial charge in [-0.25, -0.2) is 14.4 Å². The van der Waals surface area contributed by atoms with Gasteiger partial charge in [0.05, 0.1) is 45.3 Å². The Balaban J connectivity index is 1.06. The number of ether oxygens (including phenoxy) is 4. The third-order valence-corrected chi connectivity index (χ3v) is 10.9. The molecule has 2 aliphatic heterocycles. The average Bonchev–Trinajstić information content (AvgIpc) is 3.89. The second kappa shape index (κ2) is 18.3. The highest BCUT2D eigenvalue weighted by molar-refractivity contribution is 5.75. The second-order valence-electron chi connectivity index (χ2n) is 14.7. The van der Waals surface area contributed by atoms with Crippen LogP contribution in [0.4, 0.5) is 16.4 Å². The summed E-state index contributed by atoms with van der Waals surface area (Å²) >= 11 is 0. The van der Waals surface area contributed by atoms with Gasteiger partial charge in [0.25, 0.3) is 0 Å². The highest BCUT2D eigenvalue weighted by Gasteiger charge is 2.39. The Morgan fingerprint density at radius 3 is 1.53 bits per heavy atom. The van der Waals surface area contributed by atoms with Gasteiger partial charge in [0.1, 0.15) is 24.3 Å². The standard InChI is InChI=1S/C43H51FN8O6/c1-4-22-55-38-24-30(5-7-36(38)53-2)28-49-18-11-32(12-19-49)51(42-47-34-9-16-45-26-40(34)57-42)52(43-48-35-10-17-46-27-41(35)58-43)33-13-20-50(21-14-33)29-31-6-8-37(54-3)39(25-31)56-23-15-44/h5-10,16-17,24-27,32-33H,4,11-15,18-23,28-29H2,1-3H3. The summed E-state index contributed by atoms with van der Waals surface area (Å²) in [4.78, 5) is 23.6. The smallest absolute Gasteiger partial charge is 0.318 e. The number of piperidine rings is 2. The maximum atomic E-state index is 13.0. The number of methoxy groups -OCH3 is 2. The quantitative estimate of drug-likeness (QED) is 0.0847. The molecule has 0 N–H and O–H groups in total. The average molecular weight is 795 g/mol. The Morgan fingerprint density at radius 2 is 1.12 bits per heavy atom. The minimum Gasteiger partial charge on any atom is -0.493 e. The van der Waals surface area contributed by atoms with Crippen molar-refractivity contribution >= 4 is 34.2 Å². The lowest BCUT2D eigenvalue weighted by atomic mass is 10.0. The van der Waals surface area contributed by atoms with Crippen LogP contribution >= 0.6 is 0 Å². The zero-order valence-electron chi connectivity index (χ0n) is 33.4. The molecule has 6 aromatic rings. The van der Waals surface area contributed by atoms with Gasteiger partial charge in [-0.15, -0.1) is 0 Å². The van der Waals surface area contributed by atoms with Crippen molar-refractivity contribution in [3.8, 4) is 23.0 Å². The summed E-state index contributed by atoms with van der Waals surface area (Å²) < 4.78 is 48.7. The Hall–Kier alpha value is -5.67. The van der Waals surface area contributed by atoms with Crippen molar-refractivity contribution in [3.05, 3.63) is 84.4 Å². The zero-order valence-corrected chi connectivity index (χ0v) is 33.4. The maximum absolute atomic E-state index is 13.0. The molecule has 0 spiro atoms. The number of anilines is 2. The van der Waals surface area contributed by atoms with E-state index >= 15 is 0 Å². The summed E-state index contributed by atoms with van der Waals surface area (Å²) in [7, 11) is 3.27. The van der Waals surface area contributed by atoms with E-state index in [1.165, 1.54) is 5.56 Å². The predicted octanol–water partition coefficient (Wildman–Crippen LogP) is 7.47. The molecule has 0 saturated carbocycles. The van der Waals surface area contributed by atoms with Gasteiger partial charge in [-0.05, 0) is 79.6 Å². The van der Waals surface area contributed by atoms with Crippen LogP contribution in [0.3, 0.4) is 0 Å². The van der Waals surface area contributed by atoms with E-state index < -0.39 is 6.67 Å². The van der Waals surface area contributed by atoms with Crippen molar-refractivity contribution in [3.63, 3.8) is 0 Å². The Bertz CT molecular complexity index is 2030. The number of nitrogens with zero attached hydrogens (tertiary/aromatic N) is 8. The van der Waals surface area contributed by atoms with E-state index in [0.717, 1.165) is 99.5 Å². The molecule has 0 amide bonds. The number of benzene rings is 2. The number of halogens is 1. The first-order chi connectivity index (χ1) is 28.5. The fourth-order valence-corrected chi connectivity index (χ4v) is 7.97. The largest absolute Gasteiger partial charge is 0.493 e. The van der Waals surface area contributed by atoms with Crippen LogP contribution in [0.5, 0.6) is 23.0 Å². The van der Waals surface area contributed by atoms with Crippen LogP contribution in [0.2, 0.25) is 0 Å². The van der Waals surface area contributed by atoms with Crippen LogP contribution in [0.15, 0.2) is 82.2 Å². The molecule has 14 nitrogen and oxygen atoms in total. The third kappa shape index (κ3) is 8.75. The summed E-state index contributed by atoms with van der Waals surface area (Å²) in [6.07, 6.45) is 11.2. The van der Waals surface area contributed by atoms with E-state index in [-0.39, 0.29) is 18.7 Å². The SMILES string of the molecule is CCCOc1cc(CN2CCC(N(c3nc4ccncc4o3)N(c3nc4ccncc4o3)C3CCN(Cc4ccc(OC)c(OCCF)c4)CC3)CC2)ccc1OC. The summed E-state index contributed by atoms with van der Waals surface area (Å²) in [6.45, 7) is 7.05. The van der Waals surface area contributed by atoms with Crippen molar-refractivity contribution < 1.29 is 32.2 Å². The number of likely N-dealkylation sites (tertiary alicyclic amines) is 2. The molecule has 2 fully saturated rings. The van der Waals surface area contributed by atoms with E-state index in [2.05, 4.69) is 48.8 Å². The first kappa shape index (κ1) is 39.2. The lowest BCUT2D eigenvalue weighted by molar-refractivity contribution is 0.178.